The van der Waals surface area contributed by atoms with E-state index in [9.17, 15) is 14.5 Å². The maximum Gasteiger partial charge on any atom is 0.269 e. The highest BCUT2D eigenvalue weighted by Crippen LogP contribution is 2.11. The van der Waals surface area contributed by atoms with Crippen molar-refractivity contribution in [1.29, 1.82) is 0 Å². The molecule has 0 heterocycles. The Labute approximate surface area is 108 Å². The molecule has 0 aromatic heterocycles. The molecule has 2 aromatic rings. The maximum absolute atomic E-state index is 12.9. The first-order valence-electron chi connectivity index (χ1n) is 5.44. The fraction of sp³-hybridized carbons (Fsp3) is 0. The first-order chi connectivity index (χ1) is 9.15. The molecule has 19 heavy (non-hydrogen) atoms. The number of nitro benzene ring substituents is 1. The lowest BCUT2D eigenvalue weighted by atomic mass is 10.2. The number of nitro groups is 1. The summed E-state index contributed by atoms with van der Waals surface area (Å²) in [6, 6.07) is 11.8. The van der Waals surface area contributed by atoms with E-state index in [2.05, 4.69) is 10.5 Å². The molecule has 2 rings (SSSR count). The van der Waals surface area contributed by atoms with Crippen molar-refractivity contribution in [3.8, 4) is 0 Å². The molecular formula is C13H10FN3O2. The van der Waals surface area contributed by atoms with Crippen molar-refractivity contribution in [3.05, 3.63) is 70.0 Å². The third-order valence-corrected chi connectivity index (χ3v) is 2.34. The second-order valence-corrected chi connectivity index (χ2v) is 3.73. The monoisotopic (exact) mass is 259 g/mol. The van der Waals surface area contributed by atoms with E-state index in [0.717, 1.165) is 0 Å². The quantitative estimate of drug-likeness (QED) is 0.521. The number of anilines is 1. The average Bonchev–Trinajstić information content (AvgIpc) is 2.39. The summed E-state index contributed by atoms with van der Waals surface area (Å²) in [5, 5.41) is 14.4. The molecule has 0 aliphatic heterocycles. The molecule has 0 unspecified atom stereocenters. The van der Waals surface area contributed by atoms with Gasteiger partial charge in [-0.25, -0.2) is 4.39 Å². The van der Waals surface area contributed by atoms with Crippen LogP contribution in [-0.4, -0.2) is 11.1 Å². The van der Waals surface area contributed by atoms with Gasteiger partial charge in [-0.2, -0.15) is 5.10 Å². The Bertz CT molecular complexity index is 612. The summed E-state index contributed by atoms with van der Waals surface area (Å²) >= 11 is 0. The van der Waals surface area contributed by atoms with E-state index >= 15 is 0 Å². The largest absolute Gasteiger partial charge is 0.278 e. The molecule has 0 atom stereocenters. The highest BCUT2D eigenvalue weighted by Gasteiger charge is 2.02. The van der Waals surface area contributed by atoms with E-state index in [4.69, 9.17) is 0 Å². The Morgan fingerprint density at radius 2 is 1.95 bits per heavy atom. The van der Waals surface area contributed by atoms with Crippen molar-refractivity contribution in [1.82, 2.24) is 0 Å². The molecular weight excluding hydrogens is 249 g/mol. The predicted octanol–water partition coefficient (Wildman–Crippen LogP) is 3.18. The fourth-order valence-corrected chi connectivity index (χ4v) is 1.42. The molecule has 0 fully saturated rings. The third kappa shape index (κ3) is 3.60. The lowest BCUT2D eigenvalue weighted by molar-refractivity contribution is -0.384. The van der Waals surface area contributed by atoms with Gasteiger partial charge in [0.1, 0.15) is 5.82 Å². The van der Waals surface area contributed by atoms with E-state index in [1.165, 1.54) is 30.5 Å². The van der Waals surface area contributed by atoms with Gasteiger partial charge >= 0.3 is 0 Å². The fourth-order valence-electron chi connectivity index (χ4n) is 1.42. The number of nitrogens with one attached hydrogen (secondary N) is 1. The summed E-state index contributed by atoms with van der Waals surface area (Å²) in [5.41, 5.74) is 3.92. The Morgan fingerprint density at radius 1 is 1.21 bits per heavy atom. The molecule has 96 valence electrons. The van der Waals surface area contributed by atoms with Crippen molar-refractivity contribution in [2.45, 2.75) is 0 Å². The van der Waals surface area contributed by atoms with E-state index in [1.807, 2.05) is 0 Å². The molecule has 0 amide bonds. The summed E-state index contributed by atoms with van der Waals surface area (Å²) in [7, 11) is 0. The molecule has 6 heteroatoms. The standard InChI is InChI=1S/C13H10FN3O2/c14-11-2-1-3-12(8-11)16-15-9-10-4-6-13(7-5-10)17(18)19/h1-9,16H/b15-9+. The van der Waals surface area contributed by atoms with Crippen molar-refractivity contribution >= 4 is 17.6 Å². The second-order valence-electron chi connectivity index (χ2n) is 3.73. The van der Waals surface area contributed by atoms with Crippen LogP contribution in [-0.2, 0) is 0 Å². The zero-order valence-electron chi connectivity index (χ0n) is 9.79. The van der Waals surface area contributed by atoms with Gasteiger partial charge in [0.05, 0.1) is 16.8 Å². The summed E-state index contributed by atoms with van der Waals surface area (Å²) in [5.74, 6) is -0.351. The normalized spacial score (nSPS) is 10.6. The van der Waals surface area contributed by atoms with E-state index in [1.54, 1.807) is 24.3 Å². The van der Waals surface area contributed by atoms with Crippen LogP contribution in [0.5, 0.6) is 0 Å². The van der Waals surface area contributed by atoms with Crippen LogP contribution >= 0.6 is 0 Å². The minimum absolute atomic E-state index is 0.0234. The Morgan fingerprint density at radius 3 is 2.58 bits per heavy atom. The highest BCUT2D eigenvalue weighted by atomic mass is 19.1. The molecule has 0 aliphatic carbocycles. The van der Waals surface area contributed by atoms with Gasteiger partial charge < -0.3 is 0 Å². The van der Waals surface area contributed by atoms with Gasteiger partial charge in [-0.1, -0.05) is 6.07 Å². The number of benzene rings is 2. The van der Waals surface area contributed by atoms with Crippen LogP contribution < -0.4 is 5.43 Å². The summed E-state index contributed by atoms with van der Waals surface area (Å²) in [4.78, 5) is 10.0. The van der Waals surface area contributed by atoms with Gasteiger partial charge in [0, 0.05) is 12.1 Å². The Kier molecular flexibility index (Phi) is 3.82. The molecule has 1 N–H and O–H groups in total. The summed E-state index contributed by atoms with van der Waals surface area (Å²) in [6.07, 6.45) is 1.49. The molecule has 0 radical (unpaired) electrons. The average molecular weight is 259 g/mol. The Balaban J connectivity index is 2.01. The second kappa shape index (κ2) is 5.72. The van der Waals surface area contributed by atoms with Crippen molar-refractivity contribution < 1.29 is 9.31 Å². The first-order valence-corrected chi connectivity index (χ1v) is 5.44. The third-order valence-electron chi connectivity index (χ3n) is 2.34. The number of nitrogens with zero attached hydrogens (tertiary/aromatic N) is 2. The SMILES string of the molecule is O=[N+]([O-])c1ccc(/C=N/Nc2cccc(F)c2)cc1. The van der Waals surface area contributed by atoms with Gasteiger partial charge in [0.2, 0.25) is 0 Å². The molecule has 0 aliphatic rings. The minimum atomic E-state index is -0.466. The van der Waals surface area contributed by atoms with Gasteiger partial charge in [-0.15, -0.1) is 0 Å². The zero-order chi connectivity index (χ0) is 13.7. The lowest BCUT2D eigenvalue weighted by Crippen LogP contribution is -1.92. The van der Waals surface area contributed by atoms with E-state index in [0.29, 0.717) is 11.3 Å². The van der Waals surface area contributed by atoms with Crippen LogP contribution in [0.1, 0.15) is 5.56 Å². The number of non-ortho nitro benzene ring substituents is 1. The van der Waals surface area contributed by atoms with Gasteiger partial charge in [-0.3, -0.25) is 15.5 Å². The molecule has 0 spiro atoms. The smallest absolute Gasteiger partial charge is 0.269 e. The molecule has 5 nitrogen and oxygen atoms in total. The number of halogens is 1. The number of hydrogen-bond donors (Lipinski definition) is 1. The minimum Gasteiger partial charge on any atom is -0.278 e. The number of hydrazone groups is 1. The topological polar surface area (TPSA) is 67.5 Å². The van der Waals surface area contributed by atoms with Gasteiger partial charge in [0.15, 0.2) is 0 Å². The molecule has 0 saturated carbocycles. The van der Waals surface area contributed by atoms with E-state index < -0.39 is 4.92 Å². The molecule has 0 saturated heterocycles. The van der Waals surface area contributed by atoms with Gasteiger partial charge in [-0.05, 0) is 35.9 Å². The highest BCUT2D eigenvalue weighted by molar-refractivity contribution is 5.80. The van der Waals surface area contributed by atoms with Crippen molar-refractivity contribution in [2.75, 3.05) is 5.43 Å². The van der Waals surface area contributed by atoms with Crippen LogP contribution in [0, 0.1) is 15.9 Å². The van der Waals surface area contributed by atoms with Crippen molar-refractivity contribution in [3.63, 3.8) is 0 Å². The zero-order valence-corrected chi connectivity index (χ0v) is 9.79. The first kappa shape index (κ1) is 12.7. The van der Waals surface area contributed by atoms with Crippen molar-refractivity contribution in [2.24, 2.45) is 5.10 Å². The van der Waals surface area contributed by atoms with Crippen LogP contribution in [0.4, 0.5) is 15.8 Å². The summed E-state index contributed by atoms with van der Waals surface area (Å²) in [6.45, 7) is 0. The number of rotatable bonds is 4. The lowest BCUT2D eigenvalue weighted by Gasteiger charge is -1.99. The Hall–Kier alpha value is -2.76. The van der Waals surface area contributed by atoms with Crippen LogP contribution in [0.3, 0.4) is 0 Å². The maximum atomic E-state index is 12.9. The number of hydrogen-bond acceptors (Lipinski definition) is 4. The van der Waals surface area contributed by atoms with Crippen LogP contribution in [0.25, 0.3) is 0 Å². The molecule has 2 aromatic carbocycles. The molecule has 0 bridgehead atoms. The van der Waals surface area contributed by atoms with Crippen LogP contribution in [0.15, 0.2) is 53.6 Å². The van der Waals surface area contributed by atoms with Crippen LogP contribution in [0.2, 0.25) is 0 Å². The summed E-state index contributed by atoms with van der Waals surface area (Å²) < 4.78 is 12.9. The van der Waals surface area contributed by atoms with E-state index in [-0.39, 0.29) is 11.5 Å². The predicted molar refractivity (Wildman–Crippen MR) is 70.7 cm³/mol. The van der Waals surface area contributed by atoms with Gasteiger partial charge in [0.25, 0.3) is 5.69 Å².